The summed E-state index contributed by atoms with van der Waals surface area (Å²) in [5, 5.41) is 2.53. The number of hydrogen-bond donors (Lipinski definition) is 0. The van der Waals surface area contributed by atoms with Crippen molar-refractivity contribution < 1.29 is 18.9 Å². The summed E-state index contributed by atoms with van der Waals surface area (Å²) in [5.74, 6) is 4.03. The molecule has 1 heterocycles. The Morgan fingerprint density at radius 1 is 0.561 bits per heavy atom. The molecule has 0 aliphatic carbocycles. The van der Waals surface area contributed by atoms with Gasteiger partial charge >= 0.3 is 0 Å². The van der Waals surface area contributed by atoms with Crippen LogP contribution in [0, 0.1) is 5.92 Å². The second-order valence-corrected chi connectivity index (χ2v) is 14.1. The van der Waals surface area contributed by atoms with Crippen LogP contribution < -0.4 is 18.9 Å². The van der Waals surface area contributed by atoms with Gasteiger partial charge in [0.1, 0.15) is 23.0 Å². The second-order valence-electron chi connectivity index (χ2n) is 14.1. The third kappa shape index (κ3) is 9.76. The summed E-state index contributed by atoms with van der Waals surface area (Å²) >= 11 is 0. The van der Waals surface area contributed by atoms with Crippen LogP contribution in [0.1, 0.15) is 61.8 Å². The molecule has 57 heavy (non-hydrogen) atoms. The van der Waals surface area contributed by atoms with Gasteiger partial charge in [-0.2, -0.15) is 0 Å². The molecule has 0 aliphatic heterocycles. The predicted octanol–water partition coefficient (Wildman–Crippen LogP) is 13.0. The highest BCUT2D eigenvalue weighted by Gasteiger charge is 2.16. The van der Waals surface area contributed by atoms with Gasteiger partial charge in [0.25, 0.3) is 0 Å². The van der Waals surface area contributed by atoms with Crippen LogP contribution in [-0.2, 0) is 6.54 Å². The molecule has 0 aliphatic rings. The predicted molar refractivity (Wildman–Crippen MR) is 238 cm³/mol. The number of methoxy groups -OCH3 is 4. The van der Waals surface area contributed by atoms with E-state index in [1.54, 1.807) is 28.4 Å². The van der Waals surface area contributed by atoms with E-state index in [0.717, 1.165) is 68.8 Å². The molecule has 7 aromatic rings. The van der Waals surface area contributed by atoms with E-state index in [1.165, 1.54) is 47.5 Å². The number of fused-ring (bicyclic) bond motifs is 3. The lowest BCUT2D eigenvalue weighted by molar-refractivity contribution is 0.401. The maximum Gasteiger partial charge on any atom is 0.118 e. The lowest BCUT2D eigenvalue weighted by Gasteiger charge is -2.17. The summed E-state index contributed by atoms with van der Waals surface area (Å²) < 4.78 is 23.6. The molecule has 6 nitrogen and oxygen atoms in total. The van der Waals surface area contributed by atoms with Crippen LogP contribution >= 0.6 is 0 Å². The summed E-state index contributed by atoms with van der Waals surface area (Å²) in [4.78, 5) is 5.22. The van der Waals surface area contributed by atoms with Gasteiger partial charge in [-0.15, -0.1) is 0 Å². The molecule has 0 saturated carbocycles. The van der Waals surface area contributed by atoms with E-state index in [9.17, 15) is 0 Å². The molecule has 1 aromatic heterocycles. The van der Waals surface area contributed by atoms with Crippen molar-refractivity contribution in [3.05, 3.63) is 168 Å². The molecule has 1 atom stereocenters. The number of rotatable bonds is 15. The number of nitrogens with zero attached hydrogens (tertiary/aromatic N) is 2. The van der Waals surface area contributed by atoms with E-state index < -0.39 is 0 Å². The summed E-state index contributed by atoms with van der Waals surface area (Å²) in [6, 6.07) is 47.4. The normalized spacial score (nSPS) is 11.3. The minimum atomic E-state index is 0.679. The largest absolute Gasteiger partial charge is 0.497 e. The van der Waals surface area contributed by atoms with Crippen molar-refractivity contribution in [2.24, 2.45) is 10.9 Å². The number of aromatic nitrogens is 1. The van der Waals surface area contributed by atoms with E-state index in [-0.39, 0.29) is 0 Å². The molecule has 0 saturated heterocycles. The summed E-state index contributed by atoms with van der Waals surface area (Å²) in [6.07, 6.45) is 5.00. The smallest absolute Gasteiger partial charge is 0.118 e. The number of para-hydroxylation sites is 1. The molecule has 1 unspecified atom stereocenters. The van der Waals surface area contributed by atoms with Crippen LogP contribution in [0.15, 0.2) is 151 Å². The third-order valence-electron chi connectivity index (χ3n) is 10.6. The molecule has 0 fully saturated rings. The average molecular weight is 759 g/mol. The molecule has 6 heteroatoms. The highest BCUT2D eigenvalue weighted by molar-refractivity contribution is 6.15. The van der Waals surface area contributed by atoms with Crippen LogP contribution in [0.2, 0.25) is 0 Å². The lowest BCUT2D eigenvalue weighted by Crippen LogP contribution is -2.10. The van der Waals surface area contributed by atoms with Gasteiger partial charge in [-0.3, -0.25) is 0 Å². The van der Waals surface area contributed by atoms with E-state index in [4.69, 9.17) is 23.9 Å². The van der Waals surface area contributed by atoms with Crippen LogP contribution in [0.4, 0.5) is 5.69 Å². The second kappa shape index (κ2) is 19.5. The number of ether oxygens (including phenoxy) is 4. The van der Waals surface area contributed by atoms with Crippen LogP contribution in [-0.4, -0.2) is 38.7 Å². The first-order valence-electron chi connectivity index (χ1n) is 19.8. The zero-order chi connectivity index (χ0) is 40.1. The highest BCUT2D eigenvalue weighted by Crippen LogP contribution is 2.34. The number of benzene rings is 6. The average Bonchev–Trinajstić information content (AvgIpc) is 3.59. The van der Waals surface area contributed by atoms with Crippen molar-refractivity contribution in [1.82, 2.24) is 4.57 Å². The molecular weight excluding hydrogens is 705 g/mol. The van der Waals surface area contributed by atoms with Crippen molar-refractivity contribution in [3.63, 3.8) is 0 Å². The Hall–Kier alpha value is -6.27. The Morgan fingerprint density at radius 2 is 1.02 bits per heavy atom. The van der Waals surface area contributed by atoms with Crippen LogP contribution in [0.5, 0.6) is 23.0 Å². The molecule has 0 N–H and O–H groups in total. The molecule has 292 valence electrons. The van der Waals surface area contributed by atoms with Crippen molar-refractivity contribution in [2.45, 2.75) is 46.1 Å². The lowest BCUT2D eigenvalue weighted by atomic mass is 9.99. The fraction of sp³-hybridized carbons (Fsp3) is 0.235. The SMILES string of the molecule is C=C(c1ccc(OC)cc1)c1ccc(OC)cc1.CCCCC(CC)Cn1c2ccccc2c2cc(N=C(c3ccc(OC)cc3)c3ccc(OC)cc3)ccc21. The Morgan fingerprint density at radius 3 is 1.47 bits per heavy atom. The molecule has 0 bridgehead atoms. The monoisotopic (exact) mass is 758 g/mol. The van der Waals surface area contributed by atoms with Gasteiger partial charge in [0, 0.05) is 39.5 Å². The quantitative estimate of drug-likeness (QED) is 0.0977. The number of aliphatic imine (C=N–C) groups is 1. The maximum absolute atomic E-state index is 5.39. The van der Waals surface area contributed by atoms with E-state index in [1.807, 2.05) is 72.8 Å². The molecule has 0 spiro atoms. The van der Waals surface area contributed by atoms with Gasteiger partial charge in [0.15, 0.2) is 0 Å². The molecule has 6 aromatic carbocycles. The van der Waals surface area contributed by atoms with Gasteiger partial charge in [0.2, 0.25) is 0 Å². The first-order chi connectivity index (χ1) is 27.9. The van der Waals surface area contributed by atoms with Gasteiger partial charge < -0.3 is 23.5 Å². The van der Waals surface area contributed by atoms with Gasteiger partial charge in [0.05, 0.1) is 39.8 Å². The van der Waals surface area contributed by atoms with Crippen molar-refractivity contribution in [3.8, 4) is 23.0 Å². The molecular formula is C51H54N2O4. The first kappa shape index (κ1) is 40.4. The Kier molecular flexibility index (Phi) is 13.9. The van der Waals surface area contributed by atoms with E-state index in [0.29, 0.717) is 5.92 Å². The first-order valence-corrected chi connectivity index (χ1v) is 19.8. The van der Waals surface area contributed by atoms with E-state index in [2.05, 4.69) is 91.7 Å². The van der Waals surface area contributed by atoms with Crippen molar-refractivity contribution >= 4 is 38.8 Å². The van der Waals surface area contributed by atoms with Gasteiger partial charge in [-0.05, 0) is 126 Å². The summed E-state index contributed by atoms with van der Waals surface area (Å²) in [5.41, 5.74) is 9.64. The maximum atomic E-state index is 5.39. The fourth-order valence-corrected chi connectivity index (χ4v) is 7.16. The minimum Gasteiger partial charge on any atom is -0.497 e. The Labute approximate surface area is 338 Å². The molecule has 7 rings (SSSR count). The van der Waals surface area contributed by atoms with Crippen LogP contribution in [0.25, 0.3) is 27.4 Å². The summed E-state index contributed by atoms with van der Waals surface area (Å²) in [6.45, 7) is 9.77. The van der Waals surface area contributed by atoms with Crippen LogP contribution in [0.3, 0.4) is 0 Å². The summed E-state index contributed by atoms with van der Waals surface area (Å²) in [7, 11) is 6.69. The standard InChI is InChI=1S/C35H38N2O2.C16H16O2/c1-5-7-10-25(6-2)24-37-33-12-9-8-11-31(33)32-23-28(17-22-34(32)37)36-35(26-13-18-29(38-3)19-14-26)27-15-20-30(39-4)21-16-27;1-12(13-4-8-15(17-2)9-5-13)14-6-10-16(18-3)11-7-14/h8-9,11-23,25H,5-7,10,24H2,1-4H3;4-11H,1H2,2-3H3. The van der Waals surface area contributed by atoms with Gasteiger partial charge in [-0.25, -0.2) is 4.99 Å². The molecule has 0 amide bonds. The van der Waals surface area contributed by atoms with Gasteiger partial charge in [-0.1, -0.05) is 82.2 Å². The Bertz CT molecular complexity index is 2290. The highest BCUT2D eigenvalue weighted by atomic mass is 16.5. The Balaban J connectivity index is 0.000000255. The zero-order valence-electron chi connectivity index (χ0n) is 34.1. The fourth-order valence-electron chi connectivity index (χ4n) is 7.16. The third-order valence-corrected chi connectivity index (χ3v) is 10.6. The number of unbranched alkanes of at least 4 members (excludes halogenated alkanes) is 1. The van der Waals surface area contributed by atoms with E-state index >= 15 is 0 Å². The minimum absolute atomic E-state index is 0.679. The number of hydrogen-bond acceptors (Lipinski definition) is 5. The zero-order valence-corrected chi connectivity index (χ0v) is 34.1. The molecule has 0 radical (unpaired) electrons. The topological polar surface area (TPSA) is 54.2 Å². The van der Waals surface area contributed by atoms with Crippen molar-refractivity contribution in [1.29, 1.82) is 0 Å². The van der Waals surface area contributed by atoms with Crippen molar-refractivity contribution in [2.75, 3.05) is 28.4 Å².